The summed E-state index contributed by atoms with van der Waals surface area (Å²) >= 11 is 0. The van der Waals surface area contributed by atoms with Gasteiger partial charge in [-0.3, -0.25) is 9.59 Å². The third-order valence-corrected chi connectivity index (χ3v) is 2.08. The minimum Gasteiger partial charge on any atom is -0.393 e. The minimum atomic E-state index is -1.57. The van der Waals surface area contributed by atoms with E-state index in [-0.39, 0.29) is 0 Å². The zero-order chi connectivity index (χ0) is 10.1. The zero-order valence-corrected chi connectivity index (χ0v) is 7.20. The molecule has 0 saturated carbocycles. The minimum absolute atomic E-state index is 0.414. The lowest BCUT2D eigenvalue weighted by Gasteiger charge is -2.36. The van der Waals surface area contributed by atoms with Crippen LogP contribution in [-0.2, 0) is 9.59 Å². The second-order valence-electron chi connectivity index (χ2n) is 3.08. The quantitative estimate of drug-likeness (QED) is 0.380. The summed E-state index contributed by atoms with van der Waals surface area (Å²) in [7, 11) is 0. The molecule has 1 fully saturated rings. The van der Waals surface area contributed by atoms with E-state index in [2.05, 4.69) is 10.6 Å². The summed E-state index contributed by atoms with van der Waals surface area (Å²) in [6.45, 7) is 0.285. The molecule has 4 N–H and O–H groups in total. The van der Waals surface area contributed by atoms with Crippen molar-refractivity contribution >= 4 is 11.8 Å². The average Bonchev–Trinajstić information content (AvgIpc) is 2.12. The van der Waals surface area contributed by atoms with E-state index in [1.165, 1.54) is 6.92 Å². The summed E-state index contributed by atoms with van der Waals surface area (Å²) < 4.78 is 0. The maximum atomic E-state index is 11.3. The first-order valence-electron chi connectivity index (χ1n) is 3.90. The number of carbonyl (C=O) groups is 2. The van der Waals surface area contributed by atoms with Crippen LogP contribution in [-0.4, -0.2) is 46.8 Å². The lowest BCUT2D eigenvalue weighted by atomic mass is 9.96. The lowest BCUT2D eigenvalue weighted by molar-refractivity contribution is -0.145. The average molecular weight is 188 g/mol. The number of aliphatic hydroxyl groups is 2. The SMILES string of the molecule is C[C@@H]1NC(=O)C(CO)(CO)NC1=O. The van der Waals surface area contributed by atoms with Gasteiger partial charge in [0.25, 0.3) is 5.91 Å². The van der Waals surface area contributed by atoms with Crippen molar-refractivity contribution in [3.8, 4) is 0 Å². The van der Waals surface area contributed by atoms with Crippen LogP contribution in [0.15, 0.2) is 0 Å². The largest absolute Gasteiger partial charge is 0.393 e. The van der Waals surface area contributed by atoms with Gasteiger partial charge in [0.05, 0.1) is 13.2 Å². The van der Waals surface area contributed by atoms with Crippen molar-refractivity contribution in [3.63, 3.8) is 0 Å². The van der Waals surface area contributed by atoms with E-state index in [1.807, 2.05) is 0 Å². The molecule has 74 valence electrons. The highest BCUT2D eigenvalue weighted by molar-refractivity contribution is 5.99. The fourth-order valence-corrected chi connectivity index (χ4v) is 1.07. The molecule has 1 heterocycles. The Morgan fingerprint density at radius 3 is 2.38 bits per heavy atom. The highest BCUT2D eigenvalue weighted by atomic mass is 16.3. The summed E-state index contributed by atoms with van der Waals surface area (Å²) in [4.78, 5) is 22.4. The standard InChI is InChI=1S/C7H12N2O4/c1-4-5(12)9-7(2-10,3-11)6(13)8-4/h4,10-11H,2-3H2,1H3,(H,8,13)(H,9,12)/t4-/m0/s1. The van der Waals surface area contributed by atoms with Gasteiger partial charge in [0.2, 0.25) is 5.91 Å². The van der Waals surface area contributed by atoms with Gasteiger partial charge in [-0.25, -0.2) is 0 Å². The van der Waals surface area contributed by atoms with Crippen molar-refractivity contribution < 1.29 is 19.8 Å². The van der Waals surface area contributed by atoms with Crippen LogP contribution in [0.2, 0.25) is 0 Å². The van der Waals surface area contributed by atoms with Gasteiger partial charge in [-0.2, -0.15) is 0 Å². The molecule has 0 radical (unpaired) electrons. The van der Waals surface area contributed by atoms with Gasteiger partial charge in [0.15, 0.2) is 5.54 Å². The predicted octanol–water partition coefficient (Wildman–Crippen LogP) is -2.66. The number of hydrogen-bond acceptors (Lipinski definition) is 4. The Morgan fingerprint density at radius 1 is 1.38 bits per heavy atom. The van der Waals surface area contributed by atoms with E-state index >= 15 is 0 Å². The molecule has 0 aromatic rings. The van der Waals surface area contributed by atoms with Crippen molar-refractivity contribution in [2.24, 2.45) is 0 Å². The van der Waals surface area contributed by atoms with Crippen molar-refractivity contribution in [1.29, 1.82) is 0 Å². The first-order chi connectivity index (χ1) is 6.05. The first-order valence-corrected chi connectivity index (χ1v) is 3.90. The highest BCUT2D eigenvalue weighted by Crippen LogP contribution is 2.09. The molecule has 1 atom stereocenters. The van der Waals surface area contributed by atoms with E-state index in [0.29, 0.717) is 0 Å². The molecule has 0 unspecified atom stereocenters. The molecule has 6 nitrogen and oxygen atoms in total. The summed E-state index contributed by atoms with van der Waals surface area (Å²) in [5.41, 5.74) is -1.57. The molecule has 0 aromatic heterocycles. The van der Waals surface area contributed by atoms with E-state index in [0.717, 1.165) is 0 Å². The number of piperazine rings is 1. The third-order valence-electron chi connectivity index (χ3n) is 2.08. The number of hydrogen-bond donors (Lipinski definition) is 4. The van der Waals surface area contributed by atoms with Crippen LogP contribution in [0.25, 0.3) is 0 Å². The molecule has 1 saturated heterocycles. The molecule has 0 bridgehead atoms. The molecule has 0 spiro atoms. The summed E-state index contributed by atoms with van der Waals surface area (Å²) in [5, 5.41) is 22.4. The number of amides is 2. The second-order valence-corrected chi connectivity index (χ2v) is 3.08. The molecule has 1 aliphatic heterocycles. The number of carbonyl (C=O) groups excluding carboxylic acids is 2. The Labute approximate surface area is 74.9 Å². The molecule has 1 rings (SSSR count). The second kappa shape index (κ2) is 3.31. The van der Waals surface area contributed by atoms with Crippen LogP contribution in [0.3, 0.4) is 0 Å². The zero-order valence-electron chi connectivity index (χ0n) is 7.20. The normalized spacial score (nSPS) is 26.5. The fourth-order valence-electron chi connectivity index (χ4n) is 1.07. The van der Waals surface area contributed by atoms with Crippen LogP contribution < -0.4 is 10.6 Å². The van der Waals surface area contributed by atoms with Gasteiger partial charge in [0, 0.05) is 0 Å². The Bertz CT molecular complexity index is 237. The maximum absolute atomic E-state index is 11.3. The van der Waals surface area contributed by atoms with Crippen LogP contribution in [0.4, 0.5) is 0 Å². The fraction of sp³-hybridized carbons (Fsp3) is 0.714. The maximum Gasteiger partial charge on any atom is 0.251 e. The van der Waals surface area contributed by atoms with E-state index in [9.17, 15) is 9.59 Å². The van der Waals surface area contributed by atoms with E-state index in [1.54, 1.807) is 0 Å². The van der Waals surface area contributed by atoms with Gasteiger partial charge >= 0.3 is 0 Å². The van der Waals surface area contributed by atoms with Gasteiger partial charge in [-0.15, -0.1) is 0 Å². The molecule has 0 aromatic carbocycles. The Morgan fingerprint density at radius 2 is 1.92 bits per heavy atom. The third kappa shape index (κ3) is 1.50. The molecular weight excluding hydrogens is 176 g/mol. The molecule has 6 heteroatoms. The van der Waals surface area contributed by atoms with Crippen molar-refractivity contribution in [3.05, 3.63) is 0 Å². The Hall–Kier alpha value is -1.14. The predicted molar refractivity (Wildman–Crippen MR) is 42.7 cm³/mol. The van der Waals surface area contributed by atoms with Gasteiger partial charge in [-0.1, -0.05) is 0 Å². The van der Waals surface area contributed by atoms with Crippen LogP contribution >= 0.6 is 0 Å². The van der Waals surface area contributed by atoms with Crippen molar-refractivity contribution in [1.82, 2.24) is 10.6 Å². The topological polar surface area (TPSA) is 98.7 Å². The Kier molecular flexibility index (Phi) is 2.53. The van der Waals surface area contributed by atoms with E-state index < -0.39 is 36.6 Å². The first kappa shape index (κ1) is 9.94. The van der Waals surface area contributed by atoms with Crippen molar-refractivity contribution in [2.75, 3.05) is 13.2 Å². The van der Waals surface area contributed by atoms with Crippen LogP contribution in [0.1, 0.15) is 6.92 Å². The van der Waals surface area contributed by atoms with Crippen LogP contribution in [0, 0.1) is 0 Å². The highest BCUT2D eigenvalue weighted by Gasteiger charge is 2.44. The number of rotatable bonds is 2. The summed E-state index contributed by atoms with van der Waals surface area (Å²) in [6, 6.07) is -0.626. The molecule has 13 heavy (non-hydrogen) atoms. The number of nitrogens with one attached hydrogen (secondary N) is 2. The monoisotopic (exact) mass is 188 g/mol. The summed E-state index contributed by atoms with van der Waals surface area (Å²) in [6.07, 6.45) is 0. The molecule has 1 aliphatic rings. The number of aliphatic hydroxyl groups excluding tert-OH is 2. The van der Waals surface area contributed by atoms with Crippen molar-refractivity contribution in [2.45, 2.75) is 18.5 Å². The lowest BCUT2D eigenvalue weighted by Crippen LogP contribution is -2.71. The molecule has 2 amide bonds. The van der Waals surface area contributed by atoms with Gasteiger partial charge in [-0.05, 0) is 6.92 Å². The smallest absolute Gasteiger partial charge is 0.251 e. The van der Waals surface area contributed by atoms with Gasteiger partial charge in [0.1, 0.15) is 6.04 Å². The van der Waals surface area contributed by atoms with Gasteiger partial charge < -0.3 is 20.8 Å². The van der Waals surface area contributed by atoms with E-state index in [4.69, 9.17) is 10.2 Å². The molecular formula is C7H12N2O4. The van der Waals surface area contributed by atoms with Crippen LogP contribution in [0.5, 0.6) is 0 Å². The summed E-state index contributed by atoms with van der Waals surface area (Å²) in [5.74, 6) is -0.979. The molecule has 0 aliphatic carbocycles. The Balaban J connectivity index is 2.87.